The van der Waals surface area contributed by atoms with E-state index < -0.39 is 74.3 Å². The highest BCUT2D eigenvalue weighted by atomic mass is 16.5. The van der Waals surface area contributed by atoms with Gasteiger partial charge in [0.25, 0.3) is 0 Å². The van der Waals surface area contributed by atoms with E-state index in [1.54, 1.807) is 6.08 Å². The van der Waals surface area contributed by atoms with E-state index in [-0.39, 0.29) is 72.6 Å². The third-order valence-corrected chi connectivity index (χ3v) is 30.4. The van der Waals surface area contributed by atoms with Gasteiger partial charge in [-0.05, 0) is 246 Å². The molecule has 10 heteroatoms. The highest BCUT2D eigenvalue weighted by Gasteiger charge is 2.88. The third kappa shape index (κ3) is 7.65. The first kappa shape index (κ1) is 57.2. The Morgan fingerprint density at radius 2 is 1.60 bits per heavy atom. The van der Waals surface area contributed by atoms with Crippen molar-refractivity contribution in [2.24, 2.45) is 105 Å². The number of aliphatic hydroxyl groups excluding tert-OH is 2. The molecule has 11 fully saturated rings. The molecule has 10 nitrogen and oxygen atoms in total. The van der Waals surface area contributed by atoms with Crippen LogP contribution in [0.25, 0.3) is 0 Å². The minimum absolute atomic E-state index is 0.109. The molecule has 17 aliphatic carbocycles. The third-order valence-electron chi connectivity index (χ3n) is 30.4. The number of rotatable bonds is 4. The average Bonchev–Trinajstić information content (AvgIpc) is 1.62. The molecule has 0 amide bonds. The zero-order chi connectivity index (χ0) is 60.2. The summed E-state index contributed by atoms with van der Waals surface area (Å²) in [5.74, 6) is 7.06. The molecule has 3 spiro atoms. The monoisotopic (exact) mass is 1200 g/mol. The van der Waals surface area contributed by atoms with E-state index in [1.807, 2.05) is 19.2 Å². The van der Waals surface area contributed by atoms with Crippen LogP contribution in [0.2, 0.25) is 0 Å². The standard InChI is InChI=1S/C79H95NO9/c1-80-66-37-59-50(13-6-16-54(59)41-81)21-25-73-24-20-48(39-73)30-46-9-4-8-45(28-46)29-47-10-5-14-51(31-47)52-18-19-63-55(32-52)33-57-23-27-88-72-65-35-53-15-7-17-58(49-11-2-3-12-49)60(53)36-64-71(84)79(87)67(75(44-82,78(64,65)86)43-76(57,63)72)22-26-74(42-73)69-56(40-77(74,79)85)34-61(66)70-62(69)38-68(83)89-70/h4-10,13-16,28,31,38,44,48-49,52-53,55-58,60-61,63-67,69-72,80-81,84-87H,2-3,11-12,17-20,22-24,26-27,29-30,32-37,39-43H2,1H3/t48-,52+,53+,55-,56+,57-,58+,60-,61-,63-,64+,65-,66+,67-,69-,70+,71-,72-,73+,74+,75+,76-,77-,78+,79-/m1/s1. The molecule has 0 unspecified atom stereocenters. The molecular formula is C79H95NO9. The van der Waals surface area contributed by atoms with E-state index in [2.05, 4.69) is 83.9 Å². The lowest BCUT2D eigenvalue weighted by atomic mass is 9.31. The van der Waals surface area contributed by atoms with Gasteiger partial charge in [-0.3, -0.25) is 0 Å². The molecule has 22 rings (SSSR count). The highest BCUT2D eigenvalue weighted by Crippen LogP contribution is 2.82. The zero-order valence-corrected chi connectivity index (χ0v) is 52.4. The summed E-state index contributed by atoms with van der Waals surface area (Å²) in [6.45, 7) is 0.480. The van der Waals surface area contributed by atoms with Gasteiger partial charge in [-0.15, -0.1) is 0 Å². The molecule has 17 bridgehead atoms. The first-order chi connectivity index (χ1) is 43.2. The molecular weight excluding hydrogens is 1110 g/mol. The molecule has 470 valence electrons. The predicted molar refractivity (Wildman–Crippen MR) is 337 cm³/mol. The fraction of sp³-hybridized carbons (Fsp3) is 0.671. The maximum absolute atomic E-state index is 16.1. The molecule has 6 N–H and O–H groups in total. The van der Waals surface area contributed by atoms with Crippen molar-refractivity contribution >= 4 is 12.3 Å². The van der Waals surface area contributed by atoms with E-state index >= 15 is 20.1 Å². The van der Waals surface area contributed by atoms with Crippen molar-refractivity contribution in [2.45, 2.75) is 208 Å². The normalized spacial score (nSPS) is 49.3. The molecule has 3 aromatic rings. The number of ether oxygens (including phenoxy) is 2. The minimum Gasteiger partial charge on any atom is -0.454 e. The number of carbonyl (C=O) groups is 2. The average molecular weight is 1200 g/mol. The Balaban J connectivity index is 0.884. The molecule has 19 aliphatic rings. The van der Waals surface area contributed by atoms with Crippen LogP contribution < -0.4 is 5.32 Å². The number of benzene rings is 3. The Bertz CT molecular complexity index is 3520. The molecule has 0 aromatic heterocycles. The summed E-state index contributed by atoms with van der Waals surface area (Å²) < 4.78 is 14.2. The number of nitrogens with one attached hydrogen (secondary N) is 1. The Hall–Kier alpha value is -4.44. The summed E-state index contributed by atoms with van der Waals surface area (Å²) in [4.78, 5) is 30.5. The van der Waals surface area contributed by atoms with Crippen LogP contribution in [0.5, 0.6) is 0 Å². The van der Waals surface area contributed by atoms with Crippen LogP contribution in [-0.2, 0) is 44.9 Å². The number of carbonyl (C=O) groups excluding carboxylic acids is 2. The van der Waals surface area contributed by atoms with Crippen molar-refractivity contribution in [1.82, 2.24) is 5.32 Å². The maximum Gasteiger partial charge on any atom is 0.331 e. The van der Waals surface area contributed by atoms with Gasteiger partial charge in [0, 0.05) is 64.2 Å². The summed E-state index contributed by atoms with van der Waals surface area (Å²) in [7, 11) is 1.98. The second kappa shape index (κ2) is 20.3. The van der Waals surface area contributed by atoms with Crippen molar-refractivity contribution in [3.63, 3.8) is 0 Å². The smallest absolute Gasteiger partial charge is 0.331 e. The van der Waals surface area contributed by atoms with Crippen molar-refractivity contribution in [3.05, 3.63) is 129 Å². The highest BCUT2D eigenvalue weighted by molar-refractivity contribution is 5.86. The quantitative estimate of drug-likeness (QED) is 0.0641. The van der Waals surface area contributed by atoms with Crippen molar-refractivity contribution in [2.75, 3.05) is 13.7 Å². The number of hydrogen-bond donors (Lipinski definition) is 6. The molecule has 3 aromatic carbocycles. The number of hydrogen-bond acceptors (Lipinski definition) is 10. The Morgan fingerprint density at radius 3 is 2.44 bits per heavy atom. The summed E-state index contributed by atoms with van der Waals surface area (Å²) in [6.07, 6.45) is 24.4. The van der Waals surface area contributed by atoms with Gasteiger partial charge in [-0.25, -0.2) is 4.79 Å². The van der Waals surface area contributed by atoms with Crippen LogP contribution in [0, 0.1) is 116 Å². The number of fused-ring (bicyclic) bond motifs is 3. The lowest BCUT2D eigenvalue weighted by molar-refractivity contribution is -0.393. The lowest BCUT2D eigenvalue weighted by Gasteiger charge is -2.76. The van der Waals surface area contributed by atoms with Crippen LogP contribution in [-0.4, -0.2) is 92.6 Å². The first-order valence-electron chi connectivity index (χ1n) is 35.8. The van der Waals surface area contributed by atoms with Crippen LogP contribution >= 0.6 is 0 Å². The van der Waals surface area contributed by atoms with Gasteiger partial charge in [0.15, 0.2) is 0 Å². The molecule has 1 saturated heterocycles. The first-order valence-corrected chi connectivity index (χ1v) is 35.8. The van der Waals surface area contributed by atoms with E-state index in [0.717, 1.165) is 99.2 Å². The van der Waals surface area contributed by atoms with Crippen molar-refractivity contribution in [1.29, 1.82) is 0 Å². The number of likely N-dealkylation sites (N-methyl/N-ethyl adjacent to an activating group) is 1. The van der Waals surface area contributed by atoms with Crippen LogP contribution in [0.1, 0.15) is 180 Å². The molecule has 10 saturated carbocycles. The summed E-state index contributed by atoms with van der Waals surface area (Å²) in [5, 5.41) is 76.2. The van der Waals surface area contributed by atoms with Gasteiger partial charge in [0.1, 0.15) is 23.6 Å². The van der Waals surface area contributed by atoms with Crippen molar-refractivity contribution in [3.8, 4) is 11.8 Å². The second-order valence-corrected chi connectivity index (χ2v) is 33.2. The molecule has 89 heavy (non-hydrogen) atoms. The zero-order valence-electron chi connectivity index (χ0n) is 52.4. The van der Waals surface area contributed by atoms with Crippen LogP contribution in [0.4, 0.5) is 0 Å². The summed E-state index contributed by atoms with van der Waals surface area (Å²) in [5.41, 5.74) is -0.764. The van der Waals surface area contributed by atoms with E-state index in [4.69, 9.17) is 9.47 Å². The molecule has 2 aliphatic heterocycles. The van der Waals surface area contributed by atoms with E-state index in [9.17, 15) is 15.0 Å². The number of esters is 1. The summed E-state index contributed by atoms with van der Waals surface area (Å²) in [6, 6.07) is 24.6. The van der Waals surface area contributed by atoms with E-state index in [1.165, 1.54) is 47.9 Å². The van der Waals surface area contributed by atoms with Gasteiger partial charge in [-0.2, -0.15) is 0 Å². The van der Waals surface area contributed by atoms with Crippen LogP contribution in [0.15, 0.2) is 90.5 Å². The molecule has 2 heterocycles. The predicted octanol–water partition coefficient (Wildman–Crippen LogP) is 11.1. The SMILES string of the molecule is CN[C@H]1Cc2c(cccc2CO)C#C[C@]23CC[C@H](Cc4cccc(c4)Cc4cccc(c4)[C@H]4CC[C@@H]5[C@H](C4)C[C@H]4CCO[C@@H]6[C@H]7C[C@@H]8C=CC[C@@H](C9CCCC9)[C@@H]8C[C@H]8[C@@H](O)[C@]9(O)[C@H](CC[C@]%10(C2)[C@H]2C%11=CC(=O)O[C@H]%11[C@@H]1C[C@H]2C[C@@]%109O)[C@@](C=O)(C[C@@]456)[C@@]78O)C3. The number of aldehydes is 1. The number of allylic oxidation sites excluding steroid dienone is 2. The largest absolute Gasteiger partial charge is 0.454 e. The Morgan fingerprint density at radius 1 is 0.764 bits per heavy atom. The Labute approximate surface area is 526 Å². The molecule has 0 radical (unpaired) electrons. The van der Waals surface area contributed by atoms with Gasteiger partial charge in [0.05, 0.1) is 29.8 Å². The van der Waals surface area contributed by atoms with Gasteiger partial charge >= 0.3 is 5.97 Å². The topological polar surface area (TPSA) is 166 Å². The van der Waals surface area contributed by atoms with Gasteiger partial charge < -0.3 is 45.1 Å². The summed E-state index contributed by atoms with van der Waals surface area (Å²) >= 11 is 0. The Kier molecular flexibility index (Phi) is 13.0. The fourth-order valence-electron chi connectivity index (χ4n) is 27.5. The van der Waals surface area contributed by atoms with Gasteiger partial charge in [0.2, 0.25) is 0 Å². The lowest BCUT2D eigenvalue weighted by Crippen LogP contribution is -2.87. The fourth-order valence-corrected chi connectivity index (χ4v) is 27.5. The minimum atomic E-state index is -2.24. The molecule has 25 atom stereocenters. The van der Waals surface area contributed by atoms with Gasteiger partial charge in [-0.1, -0.05) is 110 Å². The number of aliphatic hydroxyl groups is 5. The second-order valence-electron chi connectivity index (χ2n) is 33.2. The van der Waals surface area contributed by atoms with Crippen LogP contribution in [0.3, 0.4) is 0 Å². The van der Waals surface area contributed by atoms with Crippen molar-refractivity contribution < 1.29 is 44.6 Å². The van der Waals surface area contributed by atoms with E-state index in [0.29, 0.717) is 81.6 Å². The maximum atomic E-state index is 16.1.